The SMILES string of the molecule is CCN1CCN(C(C)CCNCC(C)C)CC1. The number of nitrogens with one attached hydrogen (secondary N) is 1. The number of likely N-dealkylation sites (N-methyl/N-ethyl adjacent to an activating group) is 1. The Morgan fingerprint density at radius 2 is 1.71 bits per heavy atom. The Bertz CT molecular complexity index is 186. The van der Waals surface area contributed by atoms with Crippen LogP contribution >= 0.6 is 0 Å². The molecule has 0 saturated carbocycles. The zero-order chi connectivity index (χ0) is 12.7. The molecule has 1 N–H and O–H groups in total. The average molecular weight is 241 g/mol. The minimum Gasteiger partial charge on any atom is -0.316 e. The van der Waals surface area contributed by atoms with Crippen LogP contribution in [0.25, 0.3) is 0 Å². The number of piperazine rings is 1. The first-order chi connectivity index (χ1) is 8.13. The van der Waals surface area contributed by atoms with E-state index in [0.717, 1.165) is 25.0 Å². The number of hydrogen-bond acceptors (Lipinski definition) is 3. The van der Waals surface area contributed by atoms with Crippen molar-refractivity contribution in [3.63, 3.8) is 0 Å². The lowest BCUT2D eigenvalue weighted by atomic mass is 10.1. The van der Waals surface area contributed by atoms with E-state index in [1.165, 1.54) is 39.1 Å². The van der Waals surface area contributed by atoms with E-state index in [-0.39, 0.29) is 0 Å². The van der Waals surface area contributed by atoms with E-state index in [1.54, 1.807) is 0 Å². The summed E-state index contributed by atoms with van der Waals surface area (Å²) >= 11 is 0. The van der Waals surface area contributed by atoms with Gasteiger partial charge >= 0.3 is 0 Å². The van der Waals surface area contributed by atoms with Gasteiger partial charge in [0.05, 0.1) is 0 Å². The highest BCUT2D eigenvalue weighted by Gasteiger charge is 2.19. The minimum atomic E-state index is 0.730. The van der Waals surface area contributed by atoms with Gasteiger partial charge in [0.1, 0.15) is 0 Å². The number of rotatable bonds is 7. The Hall–Kier alpha value is -0.120. The second-order valence-electron chi connectivity index (χ2n) is 5.71. The molecule has 0 radical (unpaired) electrons. The van der Waals surface area contributed by atoms with Gasteiger partial charge in [-0.2, -0.15) is 0 Å². The second kappa shape index (κ2) is 8.06. The molecule has 1 fully saturated rings. The molecule has 0 aliphatic carbocycles. The third-order valence-electron chi connectivity index (χ3n) is 3.77. The van der Waals surface area contributed by atoms with Gasteiger partial charge in [-0.05, 0) is 38.9 Å². The fraction of sp³-hybridized carbons (Fsp3) is 1.00. The Balaban J connectivity index is 2.09. The van der Waals surface area contributed by atoms with Crippen LogP contribution in [0.3, 0.4) is 0 Å². The fourth-order valence-electron chi connectivity index (χ4n) is 2.40. The molecule has 1 atom stereocenters. The highest BCUT2D eigenvalue weighted by atomic mass is 15.3. The molecule has 0 aromatic rings. The molecule has 0 aromatic carbocycles. The van der Waals surface area contributed by atoms with Crippen molar-refractivity contribution >= 4 is 0 Å². The van der Waals surface area contributed by atoms with Crippen molar-refractivity contribution in [2.24, 2.45) is 5.92 Å². The molecule has 1 unspecified atom stereocenters. The van der Waals surface area contributed by atoms with Gasteiger partial charge in [-0.3, -0.25) is 4.90 Å². The van der Waals surface area contributed by atoms with Crippen LogP contribution in [0, 0.1) is 5.92 Å². The molecule has 1 rings (SSSR count). The molecule has 1 heterocycles. The highest BCUT2D eigenvalue weighted by Crippen LogP contribution is 2.08. The molecule has 3 heteroatoms. The third kappa shape index (κ3) is 5.84. The predicted octanol–water partition coefficient (Wildman–Crippen LogP) is 1.65. The first kappa shape index (κ1) is 14.9. The Kier molecular flexibility index (Phi) is 7.09. The molecule has 3 nitrogen and oxygen atoms in total. The van der Waals surface area contributed by atoms with Gasteiger partial charge in [-0.1, -0.05) is 20.8 Å². The highest BCUT2D eigenvalue weighted by molar-refractivity contribution is 4.76. The summed E-state index contributed by atoms with van der Waals surface area (Å²) in [4.78, 5) is 5.18. The van der Waals surface area contributed by atoms with Crippen molar-refractivity contribution < 1.29 is 0 Å². The molecule has 17 heavy (non-hydrogen) atoms. The fourth-order valence-corrected chi connectivity index (χ4v) is 2.40. The standard InChI is InChI=1S/C14H31N3/c1-5-16-8-10-17(11-9-16)14(4)6-7-15-12-13(2)3/h13-15H,5-12H2,1-4H3. The van der Waals surface area contributed by atoms with Crippen LogP contribution in [0.1, 0.15) is 34.1 Å². The summed E-state index contributed by atoms with van der Waals surface area (Å²) in [7, 11) is 0. The molecule has 0 aromatic heterocycles. The third-order valence-corrected chi connectivity index (χ3v) is 3.77. The maximum atomic E-state index is 3.54. The molecule has 0 spiro atoms. The molecule has 0 amide bonds. The van der Waals surface area contributed by atoms with Crippen LogP contribution in [-0.2, 0) is 0 Å². The zero-order valence-corrected chi connectivity index (χ0v) is 12.2. The monoisotopic (exact) mass is 241 g/mol. The molecule has 1 aliphatic rings. The molecular weight excluding hydrogens is 210 g/mol. The van der Waals surface area contributed by atoms with E-state index in [2.05, 4.69) is 42.8 Å². The van der Waals surface area contributed by atoms with Crippen LogP contribution in [0.4, 0.5) is 0 Å². The molecular formula is C14H31N3. The van der Waals surface area contributed by atoms with E-state index >= 15 is 0 Å². The van der Waals surface area contributed by atoms with Crippen molar-refractivity contribution in [1.29, 1.82) is 0 Å². The summed E-state index contributed by atoms with van der Waals surface area (Å²) in [5, 5.41) is 3.54. The summed E-state index contributed by atoms with van der Waals surface area (Å²) in [6.45, 7) is 17.7. The van der Waals surface area contributed by atoms with Gasteiger partial charge in [0.25, 0.3) is 0 Å². The Labute approximate surface area is 108 Å². The molecule has 1 saturated heterocycles. The summed E-state index contributed by atoms with van der Waals surface area (Å²) in [5.41, 5.74) is 0. The number of nitrogens with zero attached hydrogens (tertiary/aromatic N) is 2. The van der Waals surface area contributed by atoms with Gasteiger partial charge in [0.2, 0.25) is 0 Å². The molecule has 0 bridgehead atoms. The van der Waals surface area contributed by atoms with E-state index in [0.29, 0.717) is 0 Å². The van der Waals surface area contributed by atoms with Crippen molar-refractivity contribution in [3.05, 3.63) is 0 Å². The maximum Gasteiger partial charge on any atom is 0.0113 e. The topological polar surface area (TPSA) is 18.5 Å². The first-order valence-corrected chi connectivity index (χ1v) is 7.30. The van der Waals surface area contributed by atoms with Gasteiger partial charge in [-0.25, -0.2) is 0 Å². The summed E-state index contributed by atoms with van der Waals surface area (Å²) in [6.07, 6.45) is 1.28. The lowest BCUT2D eigenvalue weighted by Crippen LogP contribution is -2.49. The predicted molar refractivity (Wildman–Crippen MR) is 75.5 cm³/mol. The van der Waals surface area contributed by atoms with Crippen LogP contribution in [-0.4, -0.2) is 61.7 Å². The largest absolute Gasteiger partial charge is 0.316 e. The van der Waals surface area contributed by atoms with Gasteiger partial charge in [-0.15, -0.1) is 0 Å². The smallest absolute Gasteiger partial charge is 0.0113 e. The zero-order valence-electron chi connectivity index (χ0n) is 12.2. The van der Waals surface area contributed by atoms with Crippen molar-refractivity contribution in [2.75, 3.05) is 45.8 Å². The molecule has 102 valence electrons. The van der Waals surface area contributed by atoms with Crippen molar-refractivity contribution in [1.82, 2.24) is 15.1 Å². The Morgan fingerprint density at radius 3 is 2.24 bits per heavy atom. The van der Waals surface area contributed by atoms with Crippen LogP contribution < -0.4 is 5.32 Å². The first-order valence-electron chi connectivity index (χ1n) is 7.30. The van der Waals surface area contributed by atoms with E-state index in [1.807, 2.05) is 0 Å². The van der Waals surface area contributed by atoms with Gasteiger partial charge in [0.15, 0.2) is 0 Å². The van der Waals surface area contributed by atoms with Crippen LogP contribution in [0.5, 0.6) is 0 Å². The number of hydrogen-bond donors (Lipinski definition) is 1. The van der Waals surface area contributed by atoms with Crippen molar-refractivity contribution in [3.8, 4) is 0 Å². The average Bonchev–Trinajstić information content (AvgIpc) is 2.34. The summed E-state index contributed by atoms with van der Waals surface area (Å²) in [6, 6.07) is 0.730. The van der Waals surface area contributed by atoms with Crippen LogP contribution in [0.2, 0.25) is 0 Å². The lowest BCUT2D eigenvalue weighted by Gasteiger charge is -2.37. The second-order valence-corrected chi connectivity index (χ2v) is 5.71. The summed E-state index contributed by atoms with van der Waals surface area (Å²) < 4.78 is 0. The Morgan fingerprint density at radius 1 is 1.06 bits per heavy atom. The van der Waals surface area contributed by atoms with Crippen molar-refractivity contribution in [2.45, 2.75) is 40.2 Å². The minimum absolute atomic E-state index is 0.730. The maximum absolute atomic E-state index is 3.54. The van der Waals surface area contributed by atoms with E-state index in [4.69, 9.17) is 0 Å². The van der Waals surface area contributed by atoms with Crippen LogP contribution in [0.15, 0.2) is 0 Å². The van der Waals surface area contributed by atoms with E-state index in [9.17, 15) is 0 Å². The van der Waals surface area contributed by atoms with E-state index < -0.39 is 0 Å². The van der Waals surface area contributed by atoms with Gasteiger partial charge < -0.3 is 10.2 Å². The normalized spacial score (nSPS) is 21.0. The summed E-state index contributed by atoms with van der Waals surface area (Å²) in [5.74, 6) is 0.762. The molecule has 1 aliphatic heterocycles. The lowest BCUT2D eigenvalue weighted by molar-refractivity contribution is 0.102. The van der Waals surface area contributed by atoms with Gasteiger partial charge in [0, 0.05) is 32.2 Å². The quantitative estimate of drug-likeness (QED) is 0.684.